The van der Waals surface area contributed by atoms with Gasteiger partial charge in [-0.2, -0.15) is 0 Å². The van der Waals surface area contributed by atoms with Crippen LogP contribution in [0.3, 0.4) is 0 Å². The number of imidazole rings is 2. The van der Waals surface area contributed by atoms with Crippen molar-refractivity contribution < 1.29 is 4.42 Å². The van der Waals surface area contributed by atoms with Gasteiger partial charge in [-0.1, -0.05) is 78.9 Å². The first-order valence-electron chi connectivity index (χ1n) is 16.2. The molecule has 0 N–H and O–H groups in total. The highest BCUT2D eigenvalue weighted by atomic mass is 16.3. The van der Waals surface area contributed by atoms with Crippen molar-refractivity contribution in [1.29, 1.82) is 0 Å². The summed E-state index contributed by atoms with van der Waals surface area (Å²) >= 11 is 0. The van der Waals surface area contributed by atoms with E-state index in [1.54, 1.807) is 0 Å². The largest absolute Gasteiger partial charge is 0.456 e. The molecule has 0 amide bonds. The maximum absolute atomic E-state index is 6.37. The third-order valence-corrected chi connectivity index (χ3v) is 9.84. The number of fused-ring (bicyclic) bond motifs is 11. The molecular formula is C43H26N4O. The van der Waals surface area contributed by atoms with Gasteiger partial charge in [-0.15, -0.1) is 0 Å². The summed E-state index contributed by atoms with van der Waals surface area (Å²) in [6.45, 7) is 0. The van der Waals surface area contributed by atoms with Gasteiger partial charge in [-0.3, -0.25) is 8.97 Å². The van der Waals surface area contributed by atoms with Crippen LogP contribution in [0.5, 0.6) is 0 Å². The topological polar surface area (TPSA) is 40.3 Å². The van der Waals surface area contributed by atoms with Crippen molar-refractivity contribution in [3.8, 4) is 22.5 Å². The Kier molecular flexibility index (Phi) is 5.05. The molecule has 0 unspecified atom stereocenters. The van der Waals surface area contributed by atoms with Gasteiger partial charge in [-0.05, 0) is 90.0 Å². The Morgan fingerprint density at radius 3 is 1.77 bits per heavy atom. The van der Waals surface area contributed by atoms with Gasteiger partial charge in [-0.25, -0.2) is 4.98 Å². The molecule has 0 bridgehead atoms. The number of benzene rings is 7. The van der Waals surface area contributed by atoms with E-state index in [4.69, 9.17) is 9.40 Å². The molecular weight excluding hydrogens is 589 g/mol. The predicted molar refractivity (Wildman–Crippen MR) is 197 cm³/mol. The highest BCUT2D eigenvalue weighted by Crippen LogP contribution is 2.38. The molecule has 224 valence electrons. The van der Waals surface area contributed by atoms with Crippen molar-refractivity contribution in [2.75, 3.05) is 0 Å². The number of para-hydroxylation sites is 5. The molecule has 4 aromatic heterocycles. The van der Waals surface area contributed by atoms with Crippen LogP contribution >= 0.6 is 0 Å². The zero-order valence-electron chi connectivity index (χ0n) is 25.7. The van der Waals surface area contributed by atoms with E-state index < -0.39 is 0 Å². The summed E-state index contributed by atoms with van der Waals surface area (Å²) in [6, 6.07) is 55.9. The zero-order valence-corrected chi connectivity index (χ0v) is 25.7. The Labute approximate surface area is 274 Å². The number of furan rings is 1. The fourth-order valence-corrected chi connectivity index (χ4v) is 7.70. The van der Waals surface area contributed by atoms with Gasteiger partial charge >= 0.3 is 0 Å². The Morgan fingerprint density at radius 1 is 0.396 bits per heavy atom. The van der Waals surface area contributed by atoms with E-state index >= 15 is 0 Å². The fraction of sp³-hybridized carbons (Fsp3) is 0. The SMILES string of the molecule is c1ccc(-n2c3ccccc3n3c4cc(-c5ccc6oc7ccc(-n8c9ccccc9c9ccccc98)cc7c6c5)ccc4nc23)cc1. The molecule has 11 rings (SSSR count). The minimum absolute atomic E-state index is 0.881. The van der Waals surface area contributed by atoms with Crippen molar-refractivity contribution in [2.45, 2.75) is 0 Å². The number of hydrogen-bond acceptors (Lipinski definition) is 2. The van der Waals surface area contributed by atoms with Crippen LogP contribution in [-0.4, -0.2) is 18.5 Å². The van der Waals surface area contributed by atoms with E-state index in [0.717, 1.165) is 72.3 Å². The number of rotatable bonds is 3. The number of aromatic nitrogens is 4. The van der Waals surface area contributed by atoms with Gasteiger partial charge in [0.1, 0.15) is 11.2 Å². The second-order valence-electron chi connectivity index (χ2n) is 12.5. The summed E-state index contributed by atoms with van der Waals surface area (Å²) in [5.74, 6) is 0.906. The van der Waals surface area contributed by atoms with Gasteiger partial charge in [0.2, 0.25) is 5.78 Å². The first-order chi connectivity index (χ1) is 23.8. The van der Waals surface area contributed by atoms with E-state index in [9.17, 15) is 0 Å². The van der Waals surface area contributed by atoms with E-state index in [-0.39, 0.29) is 0 Å². The fourth-order valence-electron chi connectivity index (χ4n) is 7.70. The molecule has 0 aliphatic rings. The minimum Gasteiger partial charge on any atom is -0.456 e. The average Bonchev–Trinajstić information content (AvgIpc) is 3.88. The molecule has 0 aliphatic carbocycles. The summed E-state index contributed by atoms with van der Waals surface area (Å²) in [4.78, 5) is 5.13. The Balaban J connectivity index is 1.10. The third kappa shape index (κ3) is 3.47. The van der Waals surface area contributed by atoms with Crippen LogP contribution in [-0.2, 0) is 0 Å². The van der Waals surface area contributed by atoms with Crippen molar-refractivity contribution in [2.24, 2.45) is 0 Å². The summed E-state index contributed by atoms with van der Waals surface area (Å²) < 4.78 is 13.3. The van der Waals surface area contributed by atoms with Crippen LogP contribution in [0.4, 0.5) is 0 Å². The van der Waals surface area contributed by atoms with Crippen molar-refractivity contribution in [3.63, 3.8) is 0 Å². The van der Waals surface area contributed by atoms with Gasteiger partial charge in [0, 0.05) is 32.9 Å². The van der Waals surface area contributed by atoms with E-state index in [0.29, 0.717) is 0 Å². The van der Waals surface area contributed by atoms with Crippen LogP contribution in [0.2, 0.25) is 0 Å². The summed E-state index contributed by atoms with van der Waals surface area (Å²) in [6.07, 6.45) is 0. The average molecular weight is 615 g/mol. The van der Waals surface area contributed by atoms with Crippen molar-refractivity contribution in [3.05, 3.63) is 158 Å². The lowest BCUT2D eigenvalue weighted by molar-refractivity contribution is 0.669. The van der Waals surface area contributed by atoms with Crippen LogP contribution in [0.15, 0.2) is 162 Å². The number of hydrogen-bond donors (Lipinski definition) is 0. The van der Waals surface area contributed by atoms with Crippen LogP contribution in [0, 0.1) is 0 Å². The molecule has 0 saturated carbocycles. The molecule has 4 heterocycles. The second-order valence-corrected chi connectivity index (χ2v) is 12.5. The molecule has 7 aromatic carbocycles. The lowest BCUT2D eigenvalue weighted by Crippen LogP contribution is -1.94. The van der Waals surface area contributed by atoms with E-state index in [2.05, 4.69) is 165 Å². The molecule has 0 spiro atoms. The Bertz CT molecular complexity index is 3010. The molecule has 5 heteroatoms. The zero-order chi connectivity index (χ0) is 31.3. The maximum Gasteiger partial charge on any atom is 0.220 e. The Hall–Kier alpha value is -6.59. The molecule has 0 atom stereocenters. The van der Waals surface area contributed by atoms with Gasteiger partial charge in [0.25, 0.3) is 0 Å². The summed E-state index contributed by atoms with van der Waals surface area (Å²) in [7, 11) is 0. The highest BCUT2D eigenvalue weighted by Gasteiger charge is 2.18. The molecule has 0 saturated heterocycles. The van der Waals surface area contributed by atoms with Crippen LogP contribution in [0.25, 0.3) is 94.1 Å². The molecule has 0 radical (unpaired) electrons. The van der Waals surface area contributed by atoms with Crippen LogP contribution in [0.1, 0.15) is 0 Å². The van der Waals surface area contributed by atoms with Gasteiger partial charge in [0.05, 0.1) is 33.1 Å². The van der Waals surface area contributed by atoms with Crippen molar-refractivity contribution in [1.82, 2.24) is 18.5 Å². The molecule has 0 aliphatic heterocycles. The lowest BCUT2D eigenvalue weighted by Gasteiger charge is -2.08. The predicted octanol–water partition coefficient (Wildman–Crippen LogP) is 11.1. The molecule has 0 fully saturated rings. The summed E-state index contributed by atoms with van der Waals surface area (Å²) in [5, 5.41) is 4.71. The van der Waals surface area contributed by atoms with Gasteiger partial charge < -0.3 is 8.98 Å². The van der Waals surface area contributed by atoms with Crippen LogP contribution < -0.4 is 0 Å². The molecule has 11 aromatic rings. The third-order valence-electron chi connectivity index (χ3n) is 9.84. The normalized spacial score (nSPS) is 12.2. The maximum atomic E-state index is 6.37. The Morgan fingerprint density at radius 2 is 1.00 bits per heavy atom. The van der Waals surface area contributed by atoms with Crippen molar-refractivity contribution >= 4 is 71.6 Å². The monoisotopic (exact) mass is 614 g/mol. The number of nitrogens with zero attached hydrogens (tertiary/aromatic N) is 4. The molecule has 5 nitrogen and oxygen atoms in total. The van der Waals surface area contributed by atoms with Gasteiger partial charge in [0.15, 0.2) is 0 Å². The summed E-state index contributed by atoms with van der Waals surface area (Å²) in [5.41, 5.74) is 12.9. The minimum atomic E-state index is 0.881. The standard InChI is InChI=1S/C43H26N4O/c1-2-10-29(11-3-1)46-38-16-8-9-17-39(38)47-40-25-28(18-21-35(40)44-43(46)47)27-19-22-41-33(24-27)34-26-30(20-23-42(34)48-41)45-36-14-6-4-12-31(36)32-13-5-7-15-37(32)45/h1-26H. The van der Waals surface area contributed by atoms with E-state index in [1.807, 2.05) is 6.07 Å². The first kappa shape index (κ1) is 25.6. The van der Waals surface area contributed by atoms with E-state index in [1.165, 1.54) is 21.8 Å². The highest BCUT2D eigenvalue weighted by molar-refractivity contribution is 6.11. The smallest absolute Gasteiger partial charge is 0.220 e. The lowest BCUT2D eigenvalue weighted by atomic mass is 10.0. The molecule has 48 heavy (non-hydrogen) atoms. The second kappa shape index (κ2) is 9.47. The first-order valence-corrected chi connectivity index (χ1v) is 16.2. The quantitative estimate of drug-likeness (QED) is 0.199.